The van der Waals surface area contributed by atoms with Crippen LogP contribution in [-0.4, -0.2) is 16.7 Å². The molecule has 0 aliphatic carbocycles. The van der Waals surface area contributed by atoms with Gasteiger partial charge in [0, 0.05) is 6.20 Å². The van der Waals surface area contributed by atoms with E-state index in [1.165, 1.54) is 6.92 Å². The van der Waals surface area contributed by atoms with Gasteiger partial charge >= 0.3 is 12.3 Å². The number of ether oxygens (including phenoxy) is 1. The van der Waals surface area contributed by atoms with Crippen molar-refractivity contribution in [3.05, 3.63) is 23.4 Å². The van der Waals surface area contributed by atoms with Gasteiger partial charge < -0.3 is 4.74 Å². The molecule has 0 saturated heterocycles. The molecule has 0 aliphatic rings. The minimum atomic E-state index is -4.46. The Morgan fingerprint density at radius 2 is 1.89 bits per heavy atom. The Bertz CT molecular complexity index is 479. The van der Waals surface area contributed by atoms with Crippen LogP contribution >= 0.6 is 0 Å². The van der Waals surface area contributed by atoms with Crippen LogP contribution in [0.3, 0.4) is 0 Å². The number of amides is 1. The van der Waals surface area contributed by atoms with E-state index in [0.717, 1.165) is 6.07 Å². The summed E-state index contributed by atoms with van der Waals surface area (Å²) in [5.41, 5.74) is -1.54. The summed E-state index contributed by atoms with van der Waals surface area (Å²) in [6.45, 7) is 6.33. The molecule has 7 heteroatoms. The zero-order valence-electron chi connectivity index (χ0n) is 11.1. The van der Waals surface area contributed by atoms with Gasteiger partial charge in [-0.2, -0.15) is 13.2 Å². The van der Waals surface area contributed by atoms with Gasteiger partial charge in [-0.15, -0.1) is 0 Å². The summed E-state index contributed by atoms with van der Waals surface area (Å²) in [6, 6.07) is 1.15. The Hall–Kier alpha value is -1.79. The molecule has 0 aliphatic heterocycles. The number of hydrogen-bond acceptors (Lipinski definition) is 3. The quantitative estimate of drug-likeness (QED) is 0.849. The summed E-state index contributed by atoms with van der Waals surface area (Å²) in [5, 5.41) is 2.28. The van der Waals surface area contributed by atoms with Gasteiger partial charge in [0.05, 0.1) is 5.56 Å². The number of rotatable bonds is 1. The third-order valence-electron chi connectivity index (χ3n) is 2.05. The van der Waals surface area contributed by atoms with Gasteiger partial charge in [0.25, 0.3) is 0 Å². The predicted molar refractivity (Wildman–Crippen MR) is 63.8 cm³/mol. The molecule has 106 valence electrons. The van der Waals surface area contributed by atoms with Crippen LogP contribution in [0.1, 0.15) is 31.9 Å². The van der Waals surface area contributed by atoms with Crippen LogP contribution in [0.25, 0.3) is 0 Å². The van der Waals surface area contributed by atoms with E-state index in [1.807, 2.05) is 0 Å². The number of nitrogens with one attached hydrogen (secondary N) is 1. The summed E-state index contributed by atoms with van der Waals surface area (Å²) < 4.78 is 42.5. The Labute approximate surface area is 109 Å². The summed E-state index contributed by atoms with van der Waals surface area (Å²) in [6.07, 6.45) is -4.54. The lowest BCUT2D eigenvalue weighted by atomic mass is 10.1. The maximum absolute atomic E-state index is 12.5. The largest absolute Gasteiger partial charge is 0.444 e. The average molecular weight is 276 g/mol. The van der Waals surface area contributed by atoms with Crippen molar-refractivity contribution in [2.24, 2.45) is 0 Å². The summed E-state index contributed by atoms with van der Waals surface area (Å²) >= 11 is 0. The van der Waals surface area contributed by atoms with E-state index in [1.54, 1.807) is 20.8 Å². The van der Waals surface area contributed by atoms with Gasteiger partial charge in [0.1, 0.15) is 11.4 Å². The second-order valence-corrected chi connectivity index (χ2v) is 5.01. The molecule has 0 radical (unpaired) electrons. The fourth-order valence-electron chi connectivity index (χ4n) is 1.33. The lowest BCUT2D eigenvalue weighted by molar-refractivity contribution is -0.138. The molecule has 1 aromatic heterocycles. The Morgan fingerprint density at radius 1 is 1.32 bits per heavy atom. The van der Waals surface area contributed by atoms with Crippen molar-refractivity contribution in [2.45, 2.75) is 39.5 Å². The number of nitrogens with zero attached hydrogens (tertiary/aromatic N) is 1. The van der Waals surface area contributed by atoms with Gasteiger partial charge in [-0.25, -0.2) is 9.78 Å². The lowest BCUT2D eigenvalue weighted by Gasteiger charge is -2.19. The first kappa shape index (κ1) is 15.3. The molecule has 0 fully saturated rings. The first-order chi connectivity index (χ1) is 8.49. The molecule has 1 N–H and O–H groups in total. The molecule has 0 atom stereocenters. The molecule has 1 heterocycles. The number of aromatic nitrogens is 1. The van der Waals surface area contributed by atoms with Crippen molar-refractivity contribution in [1.29, 1.82) is 0 Å². The van der Waals surface area contributed by atoms with E-state index in [9.17, 15) is 18.0 Å². The van der Waals surface area contributed by atoms with E-state index in [-0.39, 0.29) is 11.4 Å². The highest BCUT2D eigenvalue weighted by Gasteiger charge is 2.33. The molecule has 19 heavy (non-hydrogen) atoms. The topological polar surface area (TPSA) is 51.2 Å². The number of anilines is 1. The van der Waals surface area contributed by atoms with E-state index in [4.69, 9.17) is 4.74 Å². The normalized spacial score (nSPS) is 12.2. The molecule has 1 aromatic rings. The van der Waals surface area contributed by atoms with E-state index >= 15 is 0 Å². The summed E-state index contributed by atoms with van der Waals surface area (Å²) in [5.74, 6) is 0.0137. The molecule has 1 amide bonds. The SMILES string of the molecule is Cc1cc(NC(=O)OC(C)(C)C)ncc1C(F)(F)F. The molecule has 4 nitrogen and oxygen atoms in total. The van der Waals surface area contributed by atoms with Crippen LogP contribution in [0.4, 0.5) is 23.8 Å². The number of halogens is 3. The highest BCUT2D eigenvalue weighted by Crippen LogP contribution is 2.31. The molecule has 0 unspecified atom stereocenters. The Morgan fingerprint density at radius 3 is 2.32 bits per heavy atom. The zero-order chi connectivity index (χ0) is 14.8. The Kier molecular flexibility index (Phi) is 4.07. The third-order valence-corrected chi connectivity index (χ3v) is 2.05. The minimum absolute atomic E-state index is 0.0137. The van der Waals surface area contributed by atoms with E-state index in [2.05, 4.69) is 10.3 Å². The highest BCUT2D eigenvalue weighted by atomic mass is 19.4. The summed E-state index contributed by atoms with van der Waals surface area (Å²) in [7, 11) is 0. The van der Waals surface area contributed by atoms with Crippen LogP contribution in [-0.2, 0) is 10.9 Å². The van der Waals surface area contributed by atoms with Gasteiger partial charge in [0.15, 0.2) is 0 Å². The maximum Gasteiger partial charge on any atom is 0.418 e. The maximum atomic E-state index is 12.5. The number of pyridine rings is 1. The van der Waals surface area contributed by atoms with Gasteiger partial charge in [-0.3, -0.25) is 5.32 Å². The fraction of sp³-hybridized carbons (Fsp3) is 0.500. The molecule has 0 spiro atoms. The van der Waals surface area contributed by atoms with Crippen molar-refractivity contribution in [3.63, 3.8) is 0 Å². The molecular formula is C12H15F3N2O2. The second-order valence-electron chi connectivity index (χ2n) is 5.01. The molecule has 0 saturated carbocycles. The number of carbonyl (C=O) groups excluding carboxylic acids is 1. The van der Waals surface area contributed by atoms with Crippen molar-refractivity contribution in [2.75, 3.05) is 5.32 Å². The number of alkyl halides is 3. The highest BCUT2D eigenvalue weighted by molar-refractivity contribution is 5.83. The van der Waals surface area contributed by atoms with Gasteiger partial charge in [0.2, 0.25) is 0 Å². The van der Waals surface area contributed by atoms with Crippen LogP contribution in [0.2, 0.25) is 0 Å². The van der Waals surface area contributed by atoms with Crippen LogP contribution in [0, 0.1) is 6.92 Å². The lowest BCUT2D eigenvalue weighted by Crippen LogP contribution is -2.27. The molecule has 0 aromatic carbocycles. The smallest absolute Gasteiger partial charge is 0.418 e. The Balaban J connectivity index is 2.83. The molecular weight excluding hydrogens is 261 g/mol. The van der Waals surface area contributed by atoms with Gasteiger partial charge in [-0.05, 0) is 39.3 Å². The van der Waals surface area contributed by atoms with Crippen molar-refractivity contribution >= 4 is 11.9 Å². The first-order valence-electron chi connectivity index (χ1n) is 5.53. The summed E-state index contributed by atoms with van der Waals surface area (Å²) in [4.78, 5) is 15.0. The van der Waals surface area contributed by atoms with Crippen LogP contribution < -0.4 is 5.32 Å². The molecule has 0 bridgehead atoms. The third kappa shape index (κ3) is 4.76. The van der Waals surface area contributed by atoms with Crippen LogP contribution in [0.5, 0.6) is 0 Å². The fourth-order valence-corrected chi connectivity index (χ4v) is 1.33. The molecule has 1 rings (SSSR count). The monoisotopic (exact) mass is 276 g/mol. The average Bonchev–Trinajstić information content (AvgIpc) is 2.11. The van der Waals surface area contributed by atoms with E-state index in [0.29, 0.717) is 6.20 Å². The van der Waals surface area contributed by atoms with Gasteiger partial charge in [-0.1, -0.05) is 0 Å². The van der Waals surface area contributed by atoms with Crippen molar-refractivity contribution in [1.82, 2.24) is 4.98 Å². The number of carbonyl (C=O) groups is 1. The second kappa shape index (κ2) is 5.07. The number of hydrogen-bond donors (Lipinski definition) is 1. The van der Waals surface area contributed by atoms with E-state index < -0.39 is 23.4 Å². The van der Waals surface area contributed by atoms with Crippen molar-refractivity contribution in [3.8, 4) is 0 Å². The predicted octanol–water partition coefficient (Wildman–Crippen LogP) is 3.76. The first-order valence-corrected chi connectivity index (χ1v) is 5.53. The standard InChI is InChI=1S/C12H15F3N2O2/c1-7-5-9(16-6-8(7)12(13,14)15)17-10(18)19-11(2,3)4/h5-6H,1-4H3,(H,16,17,18). The van der Waals surface area contributed by atoms with Crippen LogP contribution in [0.15, 0.2) is 12.3 Å². The van der Waals surface area contributed by atoms with Crippen molar-refractivity contribution < 1.29 is 22.7 Å². The zero-order valence-corrected chi connectivity index (χ0v) is 11.1. The number of aryl methyl sites for hydroxylation is 1. The minimum Gasteiger partial charge on any atom is -0.444 e.